The van der Waals surface area contributed by atoms with Gasteiger partial charge < -0.3 is 0 Å². The highest BCUT2D eigenvalue weighted by atomic mass is 32.2. The number of thioether (sulfide) groups is 4. The van der Waals surface area contributed by atoms with Crippen molar-refractivity contribution in [2.24, 2.45) is 0 Å². The van der Waals surface area contributed by atoms with Crippen LogP contribution in [0.25, 0.3) is 0 Å². The maximum Gasteiger partial charge on any atom is 0.0355 e. The van der Waals surface area contributed by atoms with Gasteiger partial charge in [-0.25, -0.2) is 0 Å². The van der Waals surface area contributed by atoms with Gasteiger partial charge in [-0.3, -0.25) is 0 Å². The Kier molecular flexibility index (Phi) is 38.2. The van der Waals surface area contributed by atoms with Crippen molar-refractivity contribution in [1.82, 2.24) is 0 Å². The largest absolute Gasteiger partial charge is 0.125 e. The van der Waals surface area contributed by atoms with Gasteiger partial charge in [0.2, 0.25) is 0 Å². The Labute approximate surface area is 333 Å². The van der Waals surface area contributed by atoms with E-state index < -0.39 is 0 Å². The molecule has 0 unspecified atom stereocenters. The first-order chi connectivity index (χ1) is 24.8. The molecule has 0 aromatic heterocycles. The van der Waals surface area contributed by atoms with Gasteiger partial charge in [0.05, 0.1) is 0 Å². The highest BCUT2D eigenvalue weighted by Gasteiger charge is 2.16. The molecule has 0 N–H and O–H groups in total. The SMILES string of the molecule is CCCCCCCCCCSc1ccc(SCCCCCCCCCC)c(SCCCCCCCCCC)c1SCCCCCCCCCC. The number of unbranched alkanes of at least 4 members (excludes halogenated alkanes) is 28. The minimum atomic E-state index is 1.28. The van der Waals surface area contributed by atoms with E-state index >= 15 is 0 Å². The second-order valence-corrected chi connectivity index (χ2v) is 19.5. The Balaban J connectivity index is 2.84. The summed E-state index contributed by atoms with van der Waals surface area (Å²) in [5, 5.41) is 0. The third-order valence-electron chi connectivity index (χ3n) is 10.0. The summed E-state index contributed by atoms with van der Waals surface area (Å²) in [6.07, 6.45) is 45.2. The summed E-state index contributed by atoms with van der Waals surface area (Å²) in [7, 11) is 0. The smallest absolute Gasteiger partial charge is 0.0355 e. The molecule has 1 aromatic rings. The lowest BCUT2D eigenvalue weighted by atomic mass is 10.1. The van der Waals surface area contributed by atoms with Crippen LogP contribution in [0.2, 0.25) is 0 Å². The lowest BCUT2D eigenvalue weighted by Crippen LogP contribution is -1.94. The molecular formula is C46H86S4. The van der Waals surface area contributed by atoms with Gasteiger partial charge in [0.15, 0.2) is 0 Å². The van der Waals surface area contributed by atoms with E-state index in [0.29, 0.717) is 0 Å². The van der Waals surface area contributed by atoms with Gasteiger partial charge in [0.25, 0.3) is 0 Å². The molecule has 1 rings (SSSR count). The summed E-state index contributed by atoms with van der Waals surface area (Å²) in [6.45, 7) is 9.29. The normalized spacial score (nSPS) is 11.6. The van der Waals surface area contributed by atoms with Gasteiger partial charge in [-0.05, 0) is 60.8 Å². The van der Waals surface area contributed by atoms with Crippen LogP contribution >= 0.6 is 47.0 Å². The summed E-state index contributed by atoms with van der Waals surface area (Å²) < 4.78 is 0. The first-order valence-corrected chi connectivity index (χ1v) is 26.4. The maximum atomic E-state index is 2.53. The van der Waals surface area contributed by atoms with Crippen LogP contribution in [0.5, 0.6) is 0 Å². The minimum Gasteiger partial charge on any atom is -0.125 e. The summed E-state index contributed by atoms with van der Waals surface area (Å²) in [5.74, 6) is 5.15. The fraction of sp³-hybridized carbons (Fsp3) is 0.870. The first kappa shape index (κ1) is 48.6. The third kappa shape index (κ3) is 29.0. The Morgan fingerprint density at radius 2 is 0.460 bits per heavy atom. The van der Waals surface area contributed by atoms with E-state index in [-0.39, 0.29) is 0 Å². The van der Waals surface area contributed by atoms with Crippen molar-refractivity contribution in [2.75, 3.05) is 23.0 Å². The number of rotatable bonds is 40. The zero-order valence-electron chi connectivity index (χ0n) is 34.2. The van der Waals surface area contributed by atoms with Gasteiger partial charge in [-0.2, -0.15) is 0 Å². The molecule has 0 saturated carbocycles. The molecule has 0 amide bonds. The van der Waals surface area contributed by atoms with E-state index in [1.54, 1.807) is 19.6 Å². The fourth-order valence-electron chi connectivity index (χ4n) is 6.68. The van der Waals surface area contributed by atoms with E-state index in [1.165, 1.54) is 228 Å². The Morgan fingerprint density at radius 3 is 0.700 bits per heavy atom. The predicted octanol–water partition coefficient (Wildman–Crippen LogP) is 18.6. The van der Waals surface area contributed by atoms with E-state index in [2.05, 4.69) is 86.9 Å². The predicted molar refractivity (Wildman–Crippen MR) is 240 cm³/mol. The highest BCUT2D eigenvalue weighted by Crippen LogP contribution is 2.45. The van der Waals surface area contributed by atoms with Crippen LogP contribution in [0.3, 0.4) is 0 Å². The van der Waals surface area contributed by atoms with E-state index in [1.807, 2.05) is 0 Å². The molecular weight excluding hydrogens is 681 g/mol. The van der Waals surface area contributed by atoms with E-state index in [4.69, 9.17) is 0 Å². The molecule has 0 bridgehead atoms. The Morgan fingerprint density at radius 1 is 0.260 bits per heavy atom. The van der Waals surface area contributed by atoms with Crippen molar-refractivity contribution in [2.45, 2.75) is 253 Å². The molecule has 0 nitrogen and oxygen atoms in total. The maximum absolute atomic E-state index is 2.53. The summed E-state index contributed by atoms with van der Waals surface area (Å²) in [6, 6.07) is 5.06. The van der Waals surface area contributed by atoms with Gasteiger partial charge in [-0.15, -0.1) is 47.0 Å². The second kappa shape index (κ2) is 39.3. The summed E-state index contributed by atoms with van der Waals surface area (Å²) >= 11 is 8.80. The Hall–Kier alpha value is 0.620. The molecule has 294 valence electrons. The van der Waals surface area contributed by atoms with Crippen LogP contribution in [0, 0.1) is 0 Å². The van der Waals surface area contributed by atoms with Crippen molar-refractivity contribution in [1.29, 1.82) is 0 Å². The number of hydrogen-bond acceptors (Lipinski definition) is 4. The molecule has 0 saturated heterocycles. The molecule has 0 aliphatic rings. The molecule has 0 atom stereocenters. The van der Waals surface area contributed by atoms with Crippen molar-refractivity contribution < 1.29 is 0 Å². The standard InChI is InChI=1S/C46H86S4/c1-5-9-13-17-21-25-29-33-39-47-43-37-38-44(48-40-34-30-26-22-18-14-10-6-2)46(50-42-36-32-28-24-20-16-12-8-4)45(43)49-41-35-31-27-23-19-15-11-7-3/h37-38H,5-36,39-42H2,1-4H3. The molecule has 0 spiro atoms. The van der Waals surface area contributed by atoms with Gasteiger partial charge in [-0.1, -0.05) is 207 Å². The van der Waals surface area contributed by atoms with Crippen LogP contribution in [0.15, 0.2) is 31.7 Å². The fourth-order valence-corrected chi connectivity index (χ4v) is 11.8. The molecule has 0 aliphatic heterocycles. The van der Waals surface area contributed by atoms with Gasteiger partial charge in [0, 0.05) is 19.6 Å². The third-order valence-corrected chi connectivity index (χ3v) is 15.1. The van der Waals surface area contributed by atoms with Crippen LogP contribution < -0.4 is 0 Å². The monoisotopic (exact) mass is 767 g/mol. The van der Waals surface area contributed by atoms with Crippen LogP contribution in [-0.2, 0) is 0 Å². The average molecular weight is 767 g/mol. The topological polar surface area (TPSA) is 0 Å². The molecule has 4 heteroatoms. The Bertz CT molecular complexity index is 758. The lowest BCUT2D eigenvalue weighted by Gasteiger charge is -2.18. The summed E-state index contributed by atoms with van der Waals surface area (Å²) in [5.41, 5.74) is 0. The second-order valence-electron chi connectivity index (χ2n) is 15.0. The number of benzene rings is 1. The molecule has 1 aromatic carbocycles. The van der Waals surface area contributed by atoms with Crippen molar-refractivity contribution in [3.63, 3.8) is 0 Å². The van der Waals surface area contributed by atoms with Crippen molar-refractivity contribution in [3.05, 3.63) is 12.1 Å². The molecule has 0 heterocycles. The lowest BCUT2D eigenvalue weighted by molar-refractivity contribution is 0.586. The number of hydrogen-bond donors (Lipinski definition) is 0. The van der Waals surface area contributed by atoms with Gasteiger partial charge >= 0.3 is 0 Å². The molecule has 50 heavy (non-hydrogen) atoms. The van der Waals surface area contributed by atoms with Crippen LogP contribution in [-0.4, -0.2) is 23.0 Å². The van der Waals surface area contributed by atoms with Gasteiger partial charge in [0.1, 0.15) is 0 Å². The van der Waals surface area contributed by atoms with E-state index in [0.717, 1.165) is 0 Å². The van der Waals surface area contributed by atoms with Crippen molar-refractivity contribution >= 4 is 47.0 Å². The van der Waals surface area contributed by atoms with Crippen LogP contribution in [0.1, 0.15) is 233 Å². The van der Waals surface area contributed by atoms with Crippen LogP contribution in [0.4, 0.5) is 0 Å². The molecule has 0 fully saturated rings. The first-order valence-electron chi connectivity index (χ1n) is 22.5. The minimum absolute atomic E-state index is 1.28. The molecule has 0 radical (unpaired) electrons. The summed E-state index contributed by atoms with van der Waals surface area (Å²) in [4.78, 5) is 6.49. The zero-order valence-corrected chi connectivity index (χ0v) is 37.5. The zero-order chi connectivity index (χ0) is 36.0. The highest BCUT2D eigenvalue weighted by molar-refractivity contribution is 8.04. The average Bonchev–Trinajstić information content (AvgIpc) is 3.13. The quantitative estimate of drug-likeness (QED) is 0.0482. The van der Waals surface area contributed by atoms with E-state index in [9.17, 15) is 0 Å². The molecule has 0 aliphatic carbocycles. The van der Waals surface area contributed by atoms with Crippen molar-refractivity contribution in [3.8, 4) is 0 Å².